The highest BCUT2D eigenvalue weighted by Gasteiger charge is 2.27. The molecule has 0 saturated carbocycles. The van der Waals surface area contributed by atoms with Gasteiger partial charge in [-0.05, 0) is 32.8 Å². The van der Waals surface area contributed by atoms with E-state index in [9.17, 15) is 0 Å². The Morgan fingerprint density at radius 1 is 1.18 bits per heavy atom. The molecule has 3 aliphatic rings. The number of aryl methyl sites for hydroxylation is 1. The smallest absolute Gasteiger partial charge is 0.159 e. The maximum absolute atomic E-state index is 4.87. The summed E-state index contributed by atoms with van der Waals surface area (Å²) in [6, 6.07) is 13.0. The van der Waals surface area contributed by atoms with Crippen molar-refractivity contribution in [2.45, 2.75) is 32.7 Å². The third-order valence-corrected chi connectivity index (χ3v) is 4.46. The average molecular weight is 292 g/mol. The fourth-order valence-electron chi connectivity index (χ4n) is 3.32. The van der Waals surface area contributed by atoms with E-state index in [2.05, 4.69) is 35.0 Å². The molecule has 1 saturated heterocycles. The normalized spacial score (nSPS) is 18.3. The summed E-state index contributed by atoms with van der Waals surface area (Å²) >= 11 is 0. The molecule has 0 amide bonds. The largest absolute Gasteiger partial charge is 0.352 e. The van der Waals surface area contributed by atoms with Gasteiger partial charge in [-0.1, -0.05) is 30.3 Å². The second-order valence-electron chi connectivity index (χ2n) is 6.10. The van der Waals surface area contributed by atoms with Gasteiger partial charge < -0.3 is 9.88 Å². The topological polar surface area (TPSA) is 44.8 Å². The van der Waals surface area contributed by atoms with Gasteiger partial charge in [-0.3, -0.25) is 0 Å². The van der Waals surface area contributed by atoms with Crippen LogP contribution in [0.5, 0.6) is 0 Å². The molecule has 22 heavy (non-hydrogen) atoms. The van der Waals surface area contributed by atoms with E-state index in [0.29, 0.717) is 6.04 Å². The van der Waals surface area contributed by atoms with Crippen LogP contribution >= 0.6 is 0 Å². The van der Waals surface area contributed by atoms with Gasteiger partial charge in [-0.25, -0.2) is 9.97 Å². The van der Waals surface area contributed by atoms with Gasteiger partial charge in [0.25, 0.3) is 0 Å². The lowest BCUT2D eigenvalue weighted by atomic mass is 10.1. The van der Waals surface area contributed by atoms with Crippen molar-refractivity contribution in [2.24, 2.45) is 0 Å². The summed E-state index contributed by atoms with van der Waals surface area (Å²) < 4.78 is 0. The molecule has 4 rings (SSSR count). The lowest BCUT2D eigenvalue weighted by Gasteiger charge is -2.24. The average Bonchev–Trinajstić information content (AvgIpc) is 3.13. The van der Waals surface area contributed by atoms with Crippen molar-refractivity contribution < 1.29 is 0 Å². The number of aromatic nitrogens is 3. The Morgan fingerprint density at radius 2 is 2.00 bits per heavy atom. The van der Waals surface area contributed by atoms with Crippen molar-refractivity contribution in [3.05, 3.63) is 42.2 Å². The predicted molar refractivity (Wildman–Crippen MR) is 89.2 cm³/mol. The third-order valence-electron chi connectivity index (χ3n) is 4.46. The molecule has 3 aliphatic heterocycles. The number of nitrogens with zero attached hydrogens (tertiary/aromatic N) is 3. The summed E-state index contributed by atoms with van der Waals surface area (Å²) in [5.74, 6) is 1.96. The summed E-state index contributed by atoms with van der Waals surface area (Å²) in [7, 11) is 0. The molecule has 1 atom stereocenters. The third kappa shape index (κ3) is 2.15. The van der Waals surface area contributed by atoms with Gasteiger partial charge in [0.1, 0.15) is 11.5 Å². The number of fused-ring (bicyclic) bond motifs is 1. The highest BCUT2D eigenvalue weighted by molar-refractivity contribution is 5.78. The molecule has 1 N–H and O–H groups in total. The Bertz CT molecular complexity index is 762. The second kappa shape index (κ2) is 5.13. The zero-order chi connectivity index (χ0) is 15.1. The number of hydrogen-bond acceptors (Lipinski definition) is 3. The molecule has 1 aromatic rings. The molecule has 1 unspecified atom stereocenters. The first-order chi connectivity index (χ1) is 10.7. The van der Waals surface area contributed by atoms with Crippen molar-refractivity contribution in [1.29, 1.82) is 0 Å². The molecule has 0 bridgehead atoms. The number of aromatic amines is 1. The van der Waals surface area contributed by atoms with E-state index in [1.54, 1.807) is 0 Å². The summed E-state index contributed by atoms with van der Waals surface area (Å²) in [4.78, 5) is 15.4. The highest BCUT2D eigenvalue weighted by Crippen LogP contribution is 2.36. The van der Waals surface area contributed by atoms with Crippen LogP contribution in [-0.4, -0.2) is 27.5 Å². The summed E-state index contributed by atoms with van der Waals surface area (Å²) in [5, 5.41) is 0. The summed E-state index contributed by atoms with van der Waals surface area (Å²) in [6.45, 7) is 5.35. The molecule has 112 valence electrons. The first kappa shape index (κ1) is 13.3. The van der Waals surface area contributed by atoms with Crippen LogP contribution in [0.2, 0.25) is 0 Å². The van der Waals surface area contributed by atoms with Gasteiger partial charge in [0.2, 0.25) is 0 Å². The van der Waals surface area contributed by atoms with E-state index in [1.807, 2.05) is 25.1 Å². The number of hydrogen-bond donors (Lipinski definition) is 1. The molecular formula is C18H20N4. The van der Waals surface area contributed by atoms with Gasteiger partial charge in [0.05, 0.1) is 11.4 Å². The summed E-state index contributed by atoms with van der Waals surface area (Å²) in [5.41, 5.74) is 4.20. The minimum atomic E-state index is 0.536. The van der Waals surface area contributed by atoms with Gasteiger partial charge in [0.15, 0.2) is 5.82 Å². The quantitative estimate of drug-likeness (QED) is 0.779. The van der Waals surface area contributed by atoms with Crippen LogP contribution < -0.4 is 4.90 Å². The van der Waals surface area contributed by atoms with Crippen LogP contribution in [0.3, 0.4) is 0 Å². The number of anilines is 1. The van der Waals surface area contributed by atoms with E-state index in [4.69, 9.17) is 9.97 Å². The van der Waals surface area contributed by atoms with Crippen LogP contribution in [0.25, 0.3) is 22.6 Å². The predicted octanol–water partition coefficient (Wildman–Crippen LogP) is 3.87. The number of nitrogens with one attached hydrogen (secondary N) is 1. The van der Waals surface area contributed by atoms with Crippen molar-refractivity contribution in [3.63, 3.8) is 0 Å². The monoisotopic (exact) mass is 292 g/mol. The van der Waals surface area contributed by atoms with Gasteiger partial charge in [-0.15, -0.1) is 0 Å². The molecule has 1 aromatic carbocycles. The van der Waals surface area contributed by atoms with Crippen LogP contribution in [0, 0.1) is 6.92 Å². The molecule has 0 radical (unpaired) electrons. The van der Waals surface area contributed by atoms with Crippen molar-refractivity contribution >= 4 is 5.82 Å². The molecule has 1 fully saturated rings. The molecule has 0 aromatic heterocycles. The van der Waals surface area contributed by atoms with Crippen molar-refractivity contribution in [2.75, 3.05) is 11.4 Å². The Morgan fingerprint density at radius 3 is 2.73 bits per heavy atom. The Labute approximate surface area is 130 Å². The van der Waals surface area contributed by atoms with Gasteiger partial charge >= 0.3 is 0 Å². The maximum atomic E-state index is 4.87. The molecule has 0 spiro atoms. The standard InChI is InChI=1S/C18H20N4/c1-12-7-6-10-22(12)18-17-16(19-13(2)20-18)11-15(21-17)14-8-4-3-5-9-14/h3-5,8-9,11-12H,6-7,10H2,1-2H3,(H,19,20). The molecule has 4 nitrogen and oxygen atoms in total. The van der Waals surface area contributed by atoms with E-state index < -0.39 is 0 Å². The fraction of sp³-hybridized carbons (Fsp3) is 0.333. The second-order valence-corrected chi connectivity index (χ2v) is 6.10. The Balaban J connectivity index is 1.86. The van der Waals surface area contributed by atoms with Crippen LogP contribution in [-0.2, 0) is 0 Å². The van der Waals surface area contributed by atoms with E-state index >= 15 is 0 Å². The van der Waals surface area contributed by atoms with Gasteiger partial charge in [0, 0.05) is 18.2 Å². The van der Waals surface area contributed by atoms with E-state index in [-0.39, 0.29) is 0 Å². The number of H-pyrrole nitrogens is 1. The molecule has 3 heterocycles. The molecule has 0 aliphatic carbocycles. The van der Waals surface area contributed by atoms with Crippen LogP contribution in [0.15, 0.2) is 36.4 Å². The molecule has 4 heteroatoms. The first-order valence-electron chi connectivity index (χ1n) is 7.92. The SMILES string of the molecule is Cc1nc(N2CCCC2C)c2nc(-c3ccccc3)cc-2[nH]1. The number of benzene rings is 1. The Hall–Kier alpha value is -2.36. The zero-order valence-electron chi connectivity index (χ0n) is 13.0. The fourth-order valence-corrected chi connectivity index (χ4v) is 3.32. The molecular weight excluding hydrogens is 272 g/mol. The zero-order valence-corrected chi connectivity index (χ0v) is 13.0. The lowest BCUT2D eigenvalue weighted by molar-refractivity contribution is 0.724. The maximum Gasteiger partial charge on any atom is 0.159 e. The van der Waals surface area contributed by atoms with Gasteiger partial charge in [-0.2, -0.15) is 0 Å². The summed E-state index contributed by atoms with van der Waals surface area (Å²) in [6.07, 6.45) is 2.46. The van der Waals surface area contributed by atoms with Crippen LogP contribution in [0.1, 0.15) is 25.6 Å². The first-order valence-corrected chi connectivity index (χ1v) is 7.92. The van der Waals surface area contributed by atoms with Crippen molar-refractivity contribution in [1.82, 2.24) is 15.0 Å². The minimum Gasteiger partial charge on any atom is -0.352 e. The highest BCUT2D eigenvalue weighted by atomic mass is 15.2. The minimum absolute atomic E-state index is 0.536. The van der Waals surface area contributed by atoms with E-state index in [0.717, 1.165) is 40.8 Å². The van der Waals surface area contributed by atoms with Crippen LogP contribution in [0.4, 0.5) is 5.82 Å². The number of rotatable bonds is 2. The van der Waals surface area contributed by atoms with Crippen molar-refractivity contribution in [3.8, 4) is 22.6 Å². The Kier molecular flexibility index (Phi) is 3.10. The van der Waals surface area contributed by atoms with E-state index in [1.165, 1.54) is 12.8 Å². The lowest BCUT2D eigenvalue weighted by Crippen LogP contribution is -2.28.